The van der Waals surface area contributed by atoms with Crippen LogP contribution in [0.1, 0.15) is 71.6 Å². The van der Waals surface area contributed by atoms with Crippen molar-refractivity contribution in [2.45, 2.75) is 77.7 Å². The molecular weight excluding hydrogens is 260 g/mol. The van der Waals surface area contributed by atoms with E-state index in [-0.39, 0.29) is 0 Å². The maximum Gasteiger partial charge on any atom is 0.222 e. The van der Waals surface area contributed by atoms with Gasteiger partial charge in [0.25, 0.3) is 0 Å². The van der Waals surface area contributed by atoms with Gasteiger partial charge in [-0.05, 0) is 44.1 Å². The Bertz CT molecular complexity index is 312. The fraction of sp³-hybridized carbons (Fsp3) is 0.944. The van der Waals surface area contributed by atoms with Gasteiger partial charge in [-0.15, -0.1) is 0 Å². The number of nitrogens with zero attached hydrogens (tertiary/aromatic N) is 1. The van der Waals surface area contributed by atoms with Crippen LogP contribution in [0, 0.1) is 11.8 Å². The zero-order chi connectivity index (χ0) is 15.1. The molecule has 0 aromatic heterocycles. The Morgan fingerprint density at radius 1 is 1.14 bits per heavy atom. The summed E-state index contributed by atoms with van der Waals surface area (Å²) in [5, 5.41) is 3.68. The van der Waals surface area contributed by atoms with Gasteiger partial charge in [0.2, 0.25) is 5.91 Å². The minimum Gasteiger partial charge on any atom is -0.342 e. The van der Waals surface area contributed by atoms with Crippen LogP contribution >= 0.6 is 0 Å². The van der Waals surface area contributed by atoms with Crippen LogP contribution in [0.15, 0.2) is 0 Å². The van der Waals surface area contributed by atoms with Crippen LogP contribution in [0.3, 0.4) is 0 Å². The maximum atomic E-state index is 12.6. The lowest BCUT2D eigenvalue weighted by molar-refractivity contribution is -0.134. The minimum absolute atomic E-state index is 0.425. The summed E-state index contributed by atoms with van der Waals surface area (Å²) >= 11 is 0. The second-order valence-corrected chi connectivity index (χ2v) is 7.07. The summed E-state index contributed by atoms with van der Waals surface area (Å²) in [7, 11) is 0. The van der Waals surface area contributed by atoms with Crippen LogP contribution in [-0.2, 0) is 4.79 Å². The second kappa shape index (κ2) is 8.77. The number of rotatable bonds is 6. The van der Waals surface area contributed by atoms with Crippen LogP contribution in [-0.4, -0.2) is 36.5 Å². The van der Waals surface area contributed by atoms with Gasteiger partial charge in [-0.1, -0.05) is 39.5 Å². The van der Waals surface area contributed by atoms with E-state index in [4.69, 9.17) is 0 Å². The molecule has 1 N–H and O–H groups in total. The lowest BCUT2D eigenvalue weighted by Gasteiger charge is -2.39. The summed E-state index contributed by atoms with van der Waals surface area (Å²) in [6.07, 6.45) is 10.9. The number of hydrogen-bond donors (Lipinski definition) is 1. The Morgan fingerprint density at radius 3 is 2.57 bits per heavy atom. The van der Waals surface area contributed by atoms with Crippen molar-refractivity contribution < 1.29 is 4.79 Å². The molecule has 2 fully saturated rings. The predicted octanol–water partition coefficient (Wildman–Crippen LogP) is 3.58. The van der Waals surface area contributed by atoms with Gasteiger partial charge in [0.05, 0.1) is 0 Å². The van der Waals surface area contributed by atoms with E-state index >= 15 is 0 Å². The molecule has 1 saturated carbocycles. The van der Waals surface area contributed by atoms with Crippen LogP contribution in [0.25, 0.3) is 0 Å². The average molecular weight is 294 g/mol. The van der Waals surface area contributed by atoms with Crippen molar-refractivity contribution in [2.75, 3.05) is 19.6 Å². The highest BCUT2D eigenvalue weighted by Gasteiger charge is 2.30. The Labute approximate surface area is 130 Å². The summed E-state index contributed by atoms with van der Waals surface area (Å²) in [6, 6.07) is 0.619. The normalized spacial score (nSPS) is 27.8. The molecule has 1 saturated heterocycles. The maximum absolute atomic E-state index is 12.6. The van der Waals surface area contributed by atoms with Crippen molar-refractivity contribution in [1.82, 2.24) is 10.2 Å². The van der Waals surface area contributed by atoms with E-state index in [1.54, 1.807) is 0 Å². The number of carbonyl (C=O) groups is 1. The fourth-order valence-electron chi connectivity index (χ4n) is 4.04. The molecular formula is C18H34N2O. The third kappa shape index (κ3) is 4.98. The molecule has 0 aromatic carbocycles. The van der Waals surface area contributed by atoms with E-state index in [0.717, 1.165) is 32.5 Å². The van der Waals surface area contributed by atoms with Gasteiger partial charge < -0.3 is 10.2 Å². The monoisotopic (exact) mass is 294 g/mol. The first-order valence-corrected chi connectivity index (χ1v) is 9.25. The average Bonchev–Trinajstić information content (AvgIpc) is 2.53. The number of amides is 1. The number of hydrogen-bond acceptors (Lipinski definition) is 2. The summed E-state index contributed by atoms with van der Waals surface area (Å²) in [5.74, 6) is 1.73. The molecule has 2 aliphatic rings. The predicted molar refractivity (Wildman–Crippen MR) is 88.3 cm³/mol. The molecule has 3 heteroatoms. The smallest absolute Gasteiger partial charge is 0.222 e. The van der Waals surface area contributed by atoms with Crippen molar-refractivity contribution in [1.29, 1.82) is 0 Å². The standard InChI is InChI=1S/C18H34N2O/c1-3-11-19-17-10-12-20(14-16(17)4-2)18(21)13-15-8-6-5-7-9-15/h15-17,19H,3-14H2,1-2H3. The lowest BCUT2D eigenvalue weighted by atomic mass is 9.85. The van der Waals surface area contributed by atoms with Gasteiger partial charge in [0.15, 0.2) is 0 Å². The van der Waals surface area contributed by atoms with Gasteiger partial charge in [0.1, 0.15) is 0 Å². The van der Waals surface area contributed by atoms with Gasteiger partial charge in [-0.25, -0.2) is 0 Å². The first-order chi connectivity index (χ1) is 10.2. The molecule has 2 atom stereocenters. The number of likely N-dealkylation sites (tertiary alicyclic amines) is 1. The summed E-state index contributed by atoms with van der Waals surface area (Å²) in [5.41, 5.74) is 0. The van der Waals surface area contributed by atoms with Crippen molar-refractivity contribution in [3.63, 3.8) is 0 Å². The molecule has 122 valence electrons. The van der Waals surface area contributed by atoms with E-state index in [1.165, 1.54) is 44.9 Å². The number of piperidine rings is 1. The molecule has 0 spiro atoms. The quantitative estimate of drug-likeness (QED) is 0.812. The fourth-order valence-corrected chi connectivity index (χ4v) is 4.04. The summed E-state index contributed by atoms with van der Waals surface area (Å²) < 4.78 is 0. The van der Waals surface area contributed by atoms with Crippen LogP contribution < -0.4 is 5.32 Å². The van der Waals surface area contributed by atoms with Crippen molar-refractivity contribution in [3.8, 4) is 0 Å². The molecule has 3 nitrogen and oxygen atoms in total. The van der Waals surface area contributed by atoms with Crippen molar-refractivity contribution in [3.05, 3.63) is 0 Å². The first-order valence-electron chi connectivity index (χ1n) is 9.25. The molecule has 1 heterocycles. The molecule has 1 aliphatic carbocycles. The van der Waals surface area contributed by atoms with Gasteiger partial charge in [-0.3, -0.25) is 4.79 Å². The Kier molecular flexibility index (Phi) is 7.01. The first kappa shape index (κ1) is 16.8. The summed E-state index contributed by atoms with van der Waals surface area (Å²) in [4.78, 5) is 14.7. The highest BCUT2D eigenvalue weighted by Crippen LogP contribution is 2.28. The molecule has 0 aromatic rings. The molecule has 1 amide bonds. The highest BCUT2D eigenvalue weighted by atomic mass is 16.2. The van der Waals surface area contributed by atoms with Crippen molar-refractivity contribution >= 4 is 5.91 Å². The van der Waals surface area contributed by atoms with E-state index < -0.39 is 0 Å². The molecule has 1 aliphatic heterocycles. The van der Waals surface area contributed by atoms with Crippen molar-refractivity contribution in [2.24, 2.45) is 11.8 Å². The number of carbonyl (C=O) groups excluding carboxylic acids is 1. The Hall–Kier alpha value is -0.570. The largest absolute Gasteiger partial charge is 0.342 e. The SMILES string of the molecule is CCCNC1CCN(C(=O)CC2CCCCC2)CC1CC. The zero-order valence-corrected chi connectivity index (χ0v) is 14.1. The Balaban J connectivity index is 1.79. The van der Waals surface area contributed by atoms with Gasteiger partial charge >= 0.3 is 0 Å². The second-order valence-electron chi connectivity index (χ2n) is 7.07. The molecule has 0 bridgehead atoms. The van der Waals surface area contributed by atoms with Crippen LogP contribution in [0.4, 0.5) is 0 Å². The minimum atomic E-state index is 0.425. The number of nitrogens with one attached hydrogen (secondary N) is 1. The summed E-state index contributed by atoms with van der Waals surface area (Å²) in [6.45, 7) is 7.53. The molecule has 2 rings (SSSR count). The topological polar surface area (TPSA) is 32.3 Å². The van der Waals surface area contributed by atoms with Crippen LogP contribution in [0.5, 0.6) is 0 Å². The molecule has 21 heavy (non-hydrogen) atoms. The van der Waals surface area contributed by atoms with Gasteiger partial charge in [0, 0.05) is 25.6 Å². The Morgan fingerprint density at radius 2 is 1.90 bits per heavy atom. The lowest BCUT2D eigenvalue weighted by Crippen LogP contribution is -2.51. The van der Waals surface area contributed by atoms with Gasteiger partial charge in [-0.2, -0.15) is 0 Å². The van der Waals surface area contributed by atoms with E-state index in [9.17, 15) is 4.79 Å². The third-order valence-electron chi connectivity index (χ3n) is 5.46. The highest BCUT2D eigenvalue weighted by molar-refractivity contribution is 5.76. The van der Waals surface area contributed by atoms with E-state index in [0.29, 0.717) is 23.8 Å². The van der Waals surface area contributed by atoms with Crippen LogP contribution in [0.2, 0.25) is 0 Å². The van der Waals surface area contributed by atoms with E-state index in [1.807, 2.05) is 0 Å². The zero-order valence-electron chi connectivity index (χ0n) is 14.1. The van der Waals surface area contributed by atoms with E-state index in [2.05, 4.69) is 24.1 Å². The molecule has 2 unspecified atom stereocenters. The molecule has 0 radical (unpaired) electrons. The third-order valence-corrected chi connectivity index (χ3v) is 5.46.